The fourth-order valence-electron chi connectivity index (χ4n) is 5.05. The number of unbranched alkanes of at least 4 members (excludes halogenated alkanes) is 3. The van der Waals surface area contributed by atoms with Crippen molar-refractivity contribution in [2.75, 3.05) is 18.4 Å². The molecule has 2 aromatic heterocycles. The standard InChI is InChI=1S/C32H34N6O4/c33-31(41)42-28-17-16-25(21-34-28)23-10-8-11-24(20-23)30(40)36-32-35-26(22-38(32)27-13-5-3-6-14-27)12-4-1-2-7-18-37-19-9-15-29(37)39/h3,5-6,8,10-11,13-14,16-17,20-22H,1-2,4,7,9,12,15,18-19H2,(H2,33,41)(H,35,36,40). The summed E-state index contributed by atoms with van der Waals surface area (Å²) in [5, 5.41) is 2.99. The van der Waals surface area contributed by atoms with E-state index in [-0.39, 0.29) is 17.7 Å². The minimum atomic E-state index is -0.933. The Kier molecular flexibility index (Phi) is 9.23. The lowest BCUT2D eigenvalue weighted by Crippen LogP contribution is -2.25. The first-order valence-corrected chi connectivity index (χ1v) is 14.2. The van der Waals surface area contributed by atoms with Crippen LogP contribution in [0.4, 0.5) is 10.7 Å². The molecule has 42 heavy (non-hydrogen) atoms. The third-order valence-corrected chi connectivity index (χ3v) is 7.20. The van der Waals surface area contributed by atoms with Crippen molar-refractivity contribution in [2.24, 2.45) is 5.73 Å². The van der Waals surface area contributed by atoms with E-state index in [0.29, 0.717) is 17.9 Å². The molecular formula is C32H34N6O4. The highest BCUT2D eigenvalue weighted by atomic mass is 16.6. The number of carbonyl (C=O) groups excluding carboxylic acids is 3. The number of primary amides is 1. The maximum absolute atomic E-state index is 13.4. The van der Waals surface area contributed by atoms with Gasteiger partial charge in [0.1, 0.15) is 0 Å². The van der Waals surface area contributed by atoms with E-state index in [1.165, 1.54) is 0 Å². The summed E-state index contributed by atoms with van der Waals surface area (Å²) in [6.45, 7) is 1.75. The van der Waals surface area contributed by atoms with Crippen molar-refractivity contribution in [3.63, 3.8) is 0 Å². The van der Waals surface area contributed by atoms with Crippen LogP contribution in [0.2, 0.25) is 0 Å². The number of nitrogens with one attached hydrogen (secondary N) is 1. The second-order valence-corrected chi connectivity index (χ2v) is 10.3. The van der Waals surface area contributed by atoms with Gasteiger partial charge in [0, 0.05) is 54.8 Å². The van der Waals surface area contributed by atoms with Crippen molar-refractivity contribution in [1.82, 2.24) is 19.4 Å². The molecule has 0 unspecified atom stereocenters. The first kappa shape index (κ1) is 28.5. The van der Waals surface area contributed by atoms with E-state index in [0.717, 1.165) is 74.1 Å². The Bertz CT molecular complexity index is 1530. The molecule has 0 radical (unpaired) electrons. The number of amides is 3. The van der Waals surface area contributed by atoms with E-state index >= 15 is 0 Å². The third-order valence-electron chi connectivity index (χ3n) is 7.20. The number of nitrogens with two attached hydrogens (primary N) is 1. The van der Waals surface area contributed by atoms with Gasteiger partial charge in [0.05, 0.1) is 5.69 Å². The van der Waals surface area contributed by atoms with Crippen molar-refractivity contribution in [3.8, 4) is 22.7 Å². The molecule has 1 aliphatic rings. The zero-order valence-corrected chi connectivity index (χ0v) is 23.4. The highest BCUT2D eigenvalue weighted by Crippen LogP contribution is 2.23. The maximum Gasteiger partial charge on any atom is 0.411 e. The number of nitrogens with zero attached hydrogens (tertiary/aromatic N) is 4. The highest BCUT2D eigenvalue weighted by Gasteiger charge is 2.19. The number of aryl methyl sites for hydroxylation is 1. The number of carbonyl (C=O) groups is 3. The summed E-state index contributed by atoms with van der Waals surface area (Å²) >= 11 is 0. The molecular weight excluding hydrogens is 532 g/mol. The van der Waals surface area contributed by atoms with Crippen LogP contribution in [0, 0.1) is 0 Å². The lowest BCUT2D eigenvalue weighted by Gasteiger charge is -2.14. The largest absolute Gasteiger partial charge is 0.411 e. The number of rotatable bonds is 12. The summed E-state index contributed by atoms with van der Waals surface area (Å²) in [5.41, 5.74) is 8.84. The Hall–Kier alpha value is -4.99. The number of hydrogen-bond acceptors (Lipinski definition) is 6. The monoisotopic (exact) mass is 566 g/mol. The van der Waals surface area contributed by atoms with Gasteiger partial charge in [0.2, 0.25) is 17.7 Å². The van der Waals surface area contributed by atoms with Crippen LogP contribution < -0.4 is 15.8 Å². The number of hydrogen-bond donors (Lipinski definition) is 2. The van der Waals surface area contributed by atoms with Gasteiger partial charge >= 0.3 is 6.09 Å². The van der Waals surface area contributed by atoms with Crippen LogP contribution in [0.1, 0.15) is 54.6 Å². The van der Waals surface area contributed by atoms with E-state index in [4.69, 9.17) is 15.5 Å². The minimum absolute atomic E-state index is 0.0993. The van der Waals surface area contributed by atoms with Crippen LogP contribution in [0.25, 0.3) is 16.8 Å². The molecule has 10 nitrogen and oxygen atoms in total. The number of likely N-dealkylation sites (tertiary alicyclic amines) is 1. The molecule has 1 saturated heterocycles. The van der Waals surface area contributed by atoms with Crippen LogP contribution in [0.3, 0.4) is 0 Å². The van der Waals surface area contributed by atoms with Crippen molar-refractivity contribution < 1.29 is 19.1 Å². The van der Waals surface area contributed by atoms with Crippen molar-refractivity contribution in [3.05, 3.63) is 90.4 Å². The second-order valence-electron chi connectivity index (χ2n) is 10.3. The topological polar surface area (TPSA) is 132 Å². The smallest absolute Gasteiger partial charge is 0.391 e. The van der Waals surface area contributed by atoms with Gasteiger partial charge in [-0.05, 0) is 61.6 Å². The van der Waals surface area contributed by atoms with Gasteiger partial charge in [-0.2, -0.15) is 0 Å². The van der Waals surface area contributed by atoms with E-state index in [9.17, 15) is 14.4 Å². The zero-order chi connectivity index (χ0) is 29.3. The van der Waals surface area contributed by atoms with Crippen LogP contribution in [-0.2, 0) is 11.2 Å². The lowest BCUT2D eigenvalue weighted by atomic mass is 10.0. The predicted octanol–water partition coefficient (Wildman–Crippen LogP) is 5.37. The number of ether oxygens (including phenoxy) is 1. The molecule has 0 saturated carbocycles. The highest BCUT2D eigenvalue weighted by molar-refractivity contribution is 6.04. The van der Waals surface area contributed by atoms with Crippen LogP contribution in [0.5, 0.6) is 5.88 Å². The summed E-state index contributed by atoms with van der Waals surface area (Å²) < 4.78 is 6.69. The van der Waals surface area contributed by atoms with E-state index in [2.05, 4.69) is 10.3 Å². The number of para-hydroxylation sites is 1. The predicted molar refractivity (Wildman–Crippen MR) is 159 cm³/mol. The SMILES string of the molecule is NC(=O)Oc1ccc(-c2cccc(C(=O)Nc3nc(CCCCCCN4CCCC4=O)cn3-c3ccccc3)c2)cn1. The van der Waals surface area contributed by atoms with E-state index in [1.807, 2.05) is 52.1 Å². The van der Waals surface area contributed by atoms with Gasteiger partial charge < -0.3 is 15.4 Å². The van der Waals surface area contributed by atoms with Gasteiger partial charge in [-0.3, -0.25) is 19.5 Å². The molecule has 5 rings (SSSR count). The molecule has 3 heterocycles. The quantitative estimate of drug-likeness (QED) is 0.222. The maximum atomic E-state index is 13.4. The van der Waals surface area contributed by atoms with Crippen LogP contribution in [0.15, 0.2) is 79.1 Å². The van der Waals surface area contributed by atoms with Gasteiger partial charge in [-0.15, -0.1) is 0 Å². The summed E-state index contributed by atoms with van der Waals surface area (Å²) in [5.74, 6) is 0.547. The molecule has 10 heteroatoms. The zero-order valence-electron chi connectivity index (χ0n) is 23.4. The van der Waals surface area contributed by atoms with Gasteiger partial charge in [0.15, 0.2) is 0 Å². The molecule has 2 aromatic carbocycles. The third kappa shape index (κ3) is 7.39. The first-order valence-electron chi connectivity index (χ1n) is 14.2. The second kappa shape index (κ2) is 13.6. The van der Waals surface area contributed by atoms with E-state index < -0.39 is 6.09 Å². The van der Waals surface area contributed by atoms with Crippen molar-refractivity contribution in [2.45, 2.75) is 44.9 Å². The van der Waals surface area contributed by atoms with Crippen LogP contribution in [-0.4, -0.2) is 50.4 Å². The minimum Gasteiger partial charge on any atom is -0.391 e. The first-order chi connectivity index (χ1) is 20.5. The summed E-state index contributed by atoms with van der Waals surface area (Å²) in [6, 6.07) is 20.2. The number of benzene rings is 2. The fourth-order valence-corrected chi connectivity index (χ4v) is 5.05. The number of imidazole rings is 1. The molecule has 1 aliphatic heterocycles. The lowest BCUT2D eigenvalue weighted by molar-refractivity contribution is -0.127. The van der Waals surface area contributed by atoms with Crippen molar-refractivity contribution in [1.29, 1.82) is 0 Å². The summed E-state index contributed by atoms with van der Waals surface area (Å²) in [4.78, 5) is 46.9. The molecule has 0 bridgehead atoms. The van der Waals surface area contributed by atoms with Crippen molar-refractivity contribution >= 4 is 23.9 Å². The molecule has 216 valence electrons. The fraction of sp³-hybridized carbons (Fsp3) is 0.281. The average molecular weight is 567 g/mol. The molecule has 0 spiro atoms. The van der Waals surface area contributed by atoms with Crippen LogP contribution >= 0.6 is 0 Å². The molecule has 1 fully saturated rings. The molecule has 0 aliphatic carbocycles. The summed E-state index contributed by atoms with van der Waals surface area (Å²) in [6.07, 6.45) is 9.18. The Balaban J connectivity index is 1.24. The van der Waals surface area contributed by atoms with E-state index in [1.54, 1.807) is 36.5 Å². The molecule has 4 aromatic rings. The Morgan fingerprint density at radius 3 is 2.52 bits per heavy atom. The Labute approximate surface area is 244 Å². The Morgan fingerprint density at radius 2 is 1.79 bits per heavy atom. The van der Waals surface area contributed by atoms with Gasteiger partial charge in [-0.25, -0.2) is 14.8 Å². The number of pyridine rings is 1. The average Bonchev–Trinajstić information content (AvgIpc) is 3.60. The van der Waals surface area contributed by atoms with Gasteiger partial charge in [0.25, 0.3) is 5.91 Å². The molecule has 0 atom stereocenters. The molecule has 3 amide bonds. The normalized spacial score (nSPS) is 12.9. The van der Waals surface area contributed by atoms with Gasteiger partial charge in [-0.1, -0.05) is 43.2 Å². The molecule has 3 N–H and O–H groups in total. The number of aromatic nitrogens is 3. The number of anilines is 1. The summed E-state index contributed by atoms with van der Waals surface area (Å²) in [7, 11) is 0. The Morgan fingerprint density at radius 1 is 0.952 bits per heavy atom.